The standard InChI is InChI=1S/C12H28NO.C4HF9O3S/c1-4-5-6-7-8-9-10-13(2,3)11-12-14;5-1(6,3(9,10)11)2(7,8)4(12,13)17(14,15)16/h14H,4-12H2,1-3H3;(H,14,15,16)/q+1;/p-1. The van der Waals surface area contributed by atoms with Crippen LogP contribution in [-0.2, 0) is 10.1 Å². The highest BCUT2D eigenvalue weighted by Crippen LogP contribution is 2.54. The molecule has 0 bridgehead atoms. The van der Waals surface area contributed by atoms with Crippen LogP contribution in [0.5, 0.6) is 0 Å². The predicted molar refractivity (Wildman–Crippen MR) is 92.9 cm³/mol. The maximum absolute atomic E-state index is 12.2. The van der Waals surface area contributed by atoms with Crippen LogP contribution in [-0.4, -0.2) is 79.6 Å². The Morgan fingerprint density at radius 3 is 1.55 bits per heavy atom. The number of hydrogen-bond donors (Lipinski definition) is 1. The first-order chi connectivity index (χ1) is 13.6. The van der Waals surface area contributed by atoms with Crippen molar-refractivity contribution in [2.24, 2.45) is 0 Å². The second-order valence-electron chi connectivity index (χ2n) is 7.49. The van der Waals surface area contributed by atoms with Crippen molar-refractivity contribution < 1.29 is 62.1 Å². The van der Waals surface area contributed by atoms with Crippen LogP contribution in [0.3, 0.4) is 0 Å². The number of quaternary nitrogens is 1. The van der Waals surface area contributed by atoms with Gasteiger partial charge in [-0.05, 0) is 12.8 Å². The number of aliphatic hydroxyl groups is 1. The first kappa shape index (κ1) is 32.4. The SMILES string of the molecule is CCCCCCCC[N+](C)(C)CCO.O=S(=O)([O-])C(F)(F)C(F)(F)C(F)(F)C(F)(F)F. The van der Waals surface area contributed by atoms with Crippen molar-refractivity contribution in [2.75, 3.05) is 33.8 Å². The molecule has 190 valence electrons. The summed E-state index contributed by atoms with van der Waals surface area (Å²) in [4.78, 5) is 0. The summed E-state index contributed by atoms with van der Waals surface area (Å²) in [7, 11) is -3.02. The minimum atomic E-state index is -7.43. The highest BCUT2D eigenvalue weighted by atomic mass is 32.2. The quantitative estimate of drug-likeness (QED) is 0.187. The minimum Gasteiger partial charge on any atom is -0.743 e. The fourth-order valence-electron chi connectivity index (χ4n) is 2.22. The van der Waals surface area contributed by atoms with Crippen molar-refractivity contribution in [3.8, 4) is 0 Å². The van der Waals surface area contributed by atoms with E-state index in [2.05, 4.69) is 21.0 Å². The molecule has 0 amide bonds. The van der Waals surface area contributed by atoms with Crippen LogP contribution >= 0.6 is 0 Å². The molecule has 0 aliphatic heterocycles. The molecule has 0 atom stereocenters. The number of nitrogens with zero attached hydrogens (tertiary/aromatic N) is 1. The Hall–Kier alpha value is -0.800. The molecule has 0 aliphatic carbocycles. The zero-order valence-electron chi connectivity index (χ0n) is 17.3. The van der Waals surface area contributed by atoms with E-state index in [1.165, 1.54) is 45.1 Å². The summed E-state index contributed by atoms with van der Waals surface area (Å²) in [6.07, 6.45) is 0.978. The molecule has 0 unspecified atom stereocenters. The summed E-state index contributed by atoms with van der Waals surface area (Å²) in [6, 6.07) is 0. The molecular weight excluding hydrogens is 473 g/mol. The van der Waals surface area contributed by atoms with Crippen molar-refractivity contribution in [3.63, 3.8) is 0 Å². The van der Waals surface area contributed by atoms with E-state index < -0.39 is 33.4 Å². The molecule has 0 radical (unpaired) electrons. The lowest BCUT2D eigenvalue weighted by Crippen LogP contribution is -2.63. The molecule has 0 saturated heterocycles. The van der Waals surface area contributed by atoms with Gasteiger partial charge in [-0.25, -0.2) is 8.42 Å². The highest BCUT2D eigenvalue weighted by Gasteiger charge is 2.83. The molecule has 0 saturated carbocycles. The van der Waals surface area contributed by atoms with Gasteiger partial charge in [-0.1, -0.05) is 32.6 Å². The van der Waals surface area contributed by atoms with Gasteiger partial charge in [-0.15, -0.1) is 0 Å². The summed E-state index contributed by atoms with van der Waals surface area (Å²) in [5.74, 6) is -14.8. The van der Waals surface area contributed by atoms with E-state index >= 15 is 0 Å². The predicted octanol–water partition coefficient (Wildman–Crippen LogP) is 4.37. The average Bonchev–Trinajstić information content (AvgIpc) is 2.56. The molecule has 0 aromatic heterocycles. The van der Waals surface area contributed by atoms with Crippen LogP contribution in [0.15, 0.2) is 0 Å². The third kappa shape index (κ3) is 9.30. The monoisotopic (exact) mass is 501 g/mol. The van der Waals surface area contributed by atoms with Crippen LogP contribution in [0.4, 0.5) is 39.5 Å². The molecule has 5 nitrogen and oxygen atoms in total. The highest BCUT2D eigenvalue weighted by molar-refractivity contribution is 7.86. The molecule has 0 spiro atoms. The van der Waals surface area contributed by atoms with Crippen LogP contribution < -0.4 is 0 Å². The molecule has 31 heavy (non-hydrogen) atoms. The molecule has 0 aromatic carbocycles. The fraction of sp³-hybridized carbons (Fsp3) is 1.00. The summed E-state index contributed by atoms with van der Waals surface area (Å²) >= 11 is 0. The zero-order valence-corrected chi connectivity index (χ0v) is 18.1. The van der Waals surface area contributed by atoms with Gasteiger partial charge < -0.3 is 14.1 Å². The average molecular weight is 501 g/mol. The van der Waals surface area contributed by atoms with Crippen LogP contribution in [0, 0.1) is 0 Å². The normalized spacial score (nSPS) is 14.3. The molecule has 15 heteroatoms. The van der Waals surface area contributed by atoms with Crippen LogP contribution in [0.2, 0.25) is 0 Å². The van der Waals surface area contributed by atoms with E-state index in [4.69, 9.17) is 5.11 Å². The van der Waals surface area contributed by atoms with E-state index in [0.717, 1.165) is 11.0 Å². The van der Waals surface area contributed by atoms with Crippen molar-refractivity contribution in [3.05, 3.63) is 0 Å². The largest absolute Gasteiger partial charge is 0.743 e. The van der Waals surface area contributed by atoms with Gasteiger partial charge in [0.25, 0.3) is 0 Å². The lowest BCUT2D eigenvalue weighted by atomic mass is 10.1. The lowest BCUT2D eigenvalue weighted by Gasteiger charge is -2.34. The minimum absolute atomic E-state index is 0.308. The van der Waals surface area contributed by atoms with Crippen LogP contribution in [0.1, 0.15) is 45.4 Å². The Kier molecular flexibility index (Phi) is 12.4. The van der Waals surface area contributed by atoms with Crippen molar-refractivity contribution in [1.82, 2.24) is 0 Å². The third-order valence-electron chi connectivity index (χ3n) is 4.25. The second-order valence-corrected chi connectivity index (χ2v) is 8.91. The fourth-order valence-corrected chi connectivity index (χ4v) is 2.66. The van der Waals surface area contributed by atoms with Crippen molar-refractivity contribution >= 4 is 10.1 Å². The first-order valence-electron chi connectivity index (χ1n) is 9.21. The number of aliphatic hydroxyl groups excluding tert-OH is 1. The molecule has 0 fully saturated rings. The second kappa shape index (κ2) is 11.9. The summed E-state index contributed by atoms with van der Waals surface area (Å²) < 4.78 is 136. The van der Waals surface area contributed by atoms with Gasteiger partial charge in [0.2, 0.25) is 0 Å². The number of unbranched alkanes of at least 4 members (excludes halogenated alkanes) is 5. The van der Waals surface area contributed by atoms with Gasteiger partial charge in [-0.2, -0.15) is 39.5 Å². The van der Waals surface area contributed by atoms with Crippen LogP contribution in [0.25, 0.3) is 0 Å². The molecular formula is C16H28F9NO4S. The Morgan fingerprint density at radius 1 is 0.774 bits per heavy atom. The maximum Gasteiger partial charge on any atom is 0.460 e. The molecule has 0 aromatic rings. The number of rotatable bonds is 12. The van der Waals surface area contributed by atoms with Crippen molar-refractivity contribution in [2.45, 2.75) is 68.7 Å². The third-order valence-corrected chi connectivity index (χ3v) is 5.14. The van der Waals surface area contributed by atoms with E-state index in [9.17, 15) is 52.5 Å². The van der Waals surface area contributed by atoms with Gasteiger partial charge in [0.1, 0.15) is 6.54 Å². The van der Waals surface area contributed by atoms with Gasteiger partial charge in [0.05, 0.1) is 27.2 Å². The topological polar surface area (TPSA) is 77.4 Å². The Balaban J connectivity index is 0. The number of alkyl halides is 9. The van der Waals surface area contributed by atoms with Gasteiger partial charge in [0.15, 0.2) is 10.1 Å². The van der Waals surface area contributed by atoms with Gasteiger partial charge >= 0.3 is 23.3 Å². The van der Waals surface area contributed by atoms with Gasteiger partial charge in [0, 0.05) is 0 Å². The lowest BCUT2D eigenvalue weighted by molar-refractivity contribution is -0.890. The smallest absolute Gasteiger partial charge is 0.460 e. The number of hydrogen-bond acceptors (Lipinski definition) is 4. The molecule has 0 heterocycles. The van der Waals surface area contributed by atoms with E-state index in [-0.39, 0.29) is 0 Å². The number of halogens is 9. The molecule has 1 N–H and O–H groups in total. The summed E-state index contributed by atoms with van der Waals surface area (Å²) in [6.45, 7) is 4.64. The maximum atomic E-state index is 12.2. The van der Waals surface area contributed by atoms with Crippen molar-refractivity contribution in [1.29, 1.82) is 0 Å². The zero-order chi connectivity index (χ0) is 25.4. The first-order valence-corrected chi connectivity index (χ1v) is 10.6. The van der Waals surface area contributed by atoms with E-state index in [0.29, 0.717) is 6.61 Å². The molecule has 0 rings (SSSR count). The number of likely N-dealkylation sites (N-methyl/N-ethyl adjacent to an activating group) is 1. The Labute approximate surface area is 175 Å². The van der Waals surface area contributed by atoms with Gasteiger partial charge in [-0.3, -0.25) is 0 Å². The van der Waals surface area contributed by atoms with E-state index in [1.54, 1.807) is 0 Å². The Bertz CT molecular complexity index is 623. The Morgan fingerprint density at radius 2 is 1.19 bits per heavy atom. The summed E-state index contributed by atoms with van der Waals surface area (Å²) in [5.41, 5.74) is 0. The molecule has 0 aliphatic rings. The van der Waals surface area contributed by atoms with E-state index in [1.807, 2.05) is 0 Å². The summed E-state index contributed by atoms with van der Waals surface area (Å²) in [5, 5.41) is 1.75.